The second-order valence-corrected chi connectivity index (χ2v) is 8.13. The Morgan fingerprint density at radius 1 is 1.00 bits per heavy atom. The first-order chi connectivity index (χ1) is 14.5. The minimum Gasteiger partial charge on any atom is -0.425 e. The maximum atomic E-state index is 12.2. The molecule has 4 heteroatoms. The van der Waals surface area contributed by atoms with Crippen LogP contribution in [0.25, 0.3) is 11.3 Å². The largest absolute Gasteiger partial charge is 0.425 e. The van der Waals surface area contributed by atoms with E-state index in [1.807, 2.05) is 30.5 Å². The van der Waals surface area contributed by atoms with Crippen LogP contribution in [0.4, 0.5) is 0 Å². The van der Waals surface area contributed by atoms with E-state index in [2.05, 4.69) is 18.0 Å². The molecule has 0 radical (unpaired) electrons. The zero-order valence-corrected chi connectivity index (χ0v) is 18.6. The number of nitrogens with zero attached hydrogens (tertiary/aromatic N) is 2. The van der Waals surface area contributed by atoms with E-state index in [4.69, 9.17) is 4.74 Å². The average Bonchev–Trinajstić information content (AvgIpc) is 2.79. The number of hydrogen-bond donors (Lipinski definition) is 0. The monoisotopic (exact) mass is 406 g/mol. The summed E-state index contributed by atoms with van der Waals surface area (Å²) < 4.78 is 5.38. The Labute approximate surface area is 181 Å². The molecule has 30 heavy (non-hydrogen) atoms. The molecule has 4 nitrogen and oxygen atoms in total. The van der Waals surface area contributed by atoms with Crippen LogP contribution < -0.4 is 4.74 Å². The van der Waals surface area contributed by atoms with Crippen LogP contribution in [0.1, 0.15) is 77.7 Å². The lowest BCUT2D eigenvalue weighted by Crippen LogP contribution is -2.29. The molecule has 1 atom stereocenters. The van der Waals surface area contributed by atoms with Gasteiger partial charge < -0.3 is 4.74 Å². The van der Waals surface area contributed by atoms with Crippen molar-refractivity contribution in [3.63, 3.8) is 0 Å². The Bertz CT molecular complexity index is 822. The van der Waals surface area contributed by atoms with Crippen LogP contribution in [0.5, 0.6) is 5.75 Å². The Morgan fingerprint density at radius 2 is 1.67 bits per heavy atom. The van der Waals surface area contributed by atoms with E-state index in [9.17, 15) is 10.1 Å². The molecule has 0 N–H and O–H groups in total. The first-order valence-corrected chi connectivity index (χ1v) is 11.2. The van der Waals surface area contributed by atoms with Gasteiger partial charge in [0.2, 0.25) is 0 Å². The first-order valence-electron chi connectivity index (χ1n) is 11.2. The molecule has 2 rings (SSSR count). The number of aryl methyl sites for hydroxylation is 1. The fraction of sp³-hybridized carbons (Fsp3) is 0.500. The number of nitriles is 1. The topological polar surface area (TPSA) is 63.0 Å². The van der Waals surface area contributed by atoms with Crippen molar-refractivity contribution in [2.45, 2.75) is 78.6 Å². The van der Waals surface area contributed by atoms with Gasteiger partial charge in [-0.2, -0.15) is 5.26 Å². The van der Waals surface area contributed by atoms with Crippen molar-refractivity contribution in [2.24, 2.45) is 5.41 Å². The van der Waals surface area contributed by atoms with Crippen LogP contribution in [-0.2, 0) is 11.2 Å². The van der Waals surface area contributed by atoms with Gasteiger partial charge in [0, 0.05) is 11.8 Å². The molecule has 0 aliphatic carbocycles. The molecule has 2 aromatic rings. The molecule has 160 valence electrons. The molecule has 0 bridgehead atoms. The summed E-state index contributed by atoms with van der Waals surface area (Å²) in [6.07, 6.45) is 12.6. The van der Waals surface area contributed by atoms with Crippen molar-refractivity contribution in [3.05, 3.63) is 48.2 Å². The van der Waals surface area contributed by atoms with Crippen molar-refractivity contribution in [3.8, 4) is 23.1 Å². The minimum absolute atomic E-state index is 0.412. The number of carbonyl (C=O) groups excluding carboxylic acids is 1. The Hall–Kier alpha value is -2.67. The van der Waals surface area contributed by atoms with Gasteiger partial charge in [-0.3, -0.25) is 4.98 Å². The lowest BCUT2D eigenvalue weighted by Gasteiger charge is -2.17. The van der Waals surface area contributed by atoms with Crippen LogP contribution in [-0.4, -0.2) is 11.0 Å². The number of benzene rings is 1. The number of esters is 1. The first kappa shape index (κ1) is 23.6. The summed E-state index contributed by atoms with van der Waals surface area (Å²) in [7, 11) is 0. The summed E-state index contributed by atoms with van der Waals surface area (Å²) >= 11 is 0. The van der Waals surface area contributed by atoms with Crippen molar-refractivity contribution in [1.82, 2.24) is 4.98 Å². The third-order valence-corrected chi connectivity index (χ3v) is 5.66. The molecule has 0 aliphatic rings. The summed E-state index contributed by atoms with van der Waals surface area (Å²) in [6.45, 7) is 5.65. The van der Waals surface area contributed by atoms with Crippen molar-refractivity contribution >= 4 is 5.97 Å². The zero-order valence-electron chi connectivity index (χ0n) is 18.6. The van der Waals surface area contributed by atoms with Crippen LogP contribution in [0.3, 0.4) is 0 Å². The fourth-order valence-corrected chi connectivity index (χ4v) is 3.21. The highest BCUT2D eigenvalue weighted by atomic mass is 16.5. The van der Waals surface area contributed by atoms with Gasteiger partial charge in [-0.1, -0.05) is 58.4 Å². The lowest BCUT2D eigenvalue weighted by molar-refractivity contribution is -0.141. The van der Waals surface area contributed by atoms with Crippen LogP contribution >= 0.6 is 0 Å². The standard InChI is InChI=1S/C26H34N2O2/c1-4-6-7-8-9-10-11-12-21-13-18-24(28-19-21)22-14-16-23(17-15-22)30-25(29)26(3,5-2)20-27/h13-19H,4-12H2,1-3H3. The van der Waals surface area contributed by atoms with Gasteiger partial charge in [0.1, 0.15) is 5.75 Å². The number of aromatic nitrogens is 1. The van der Waals surface area contributed by atoms with E-state index in [0.29, 0.717) is 12.2 Å². The predicted molar refractivity (Wildman–Crippen MR) is 121 cm³/mol. The molecule has 1 aromatic carbocycles. The number of unbranched alkanes of at least 4 members (excludes halogenated alkanes) is 6. The second-order valence-electron chi connectivity index (χ2n) is 8.13. The molecule has 1 aromatic heterocycles. The molecule has 0 amide bonds. The molecule has 0 spiro atoms. The van der Waals surface area contributed by atoms with Gasteiger partial charge in [0.05, 0.1) is 11.8 Å². The number of carbonyl (C=O) groups is 1. The Balaban J connectivity index is 1.85. The van der Waals surface area contributed by atoms with E-state index in [0.717, 1.165) is 17.7 Å². The maximum absolute atomic E-state index is 12.2. The summed E-state index contributed by atoms with van der Waals surface area (Å²) in [6, 6.07) is 13.5. The molecular weight excluding hydrogens is 372 g/mol. The third-order valence-electron chi connectivity index (χ3n) is 5.66. The molecule has 0 saturated carbocycles. The van der Waals surface area contributed by atoms with Crippen molar-refractivity contribution in [2.75, 3.05) is 0 Å². The predicted octanol–water partition coefficient (Wildman–Crippen LogP) is 6.89. The van der Waals surface area contributed by atoms with Gasteiger partial charge in [0.25, 0.3) is 0 Å². The summed E-state index contributed by atoms with van der Waals surface area (Å²) in [5.41, 5.74) is 2.02. The van der Waals surface area contributed by atoms with E-state index in [-0.39, 0.29) is 0 Å². The highest BCUT2D eigenvalue weighted by Crippen LogP contribution is 2.26. The van der Waals surface area contributed by atoms with Gasteiger partial charge in [-0.15, -0.1) is 0 Å². The molecular formula is C26H34N2O2. The smallest absolute Gasteiger partial charge is 0.331 e. The third kappa shape index (κ3) is 6.99. The van der Waals surface area contributed by atoms with Crippen molar-refractivity contribution in [1.29, 1.82) is 5.26 Å². The van der Waals surface area contributed by atoms with Crippen molar-refractivity contribution < 1.29 is 9.53 Å². The zero-order chi connectivity index (χ0) is 21.8. The summed E-state index contributed by atoms with van der Waals surface area (Å²) in [5, 5.41) is 9.20. The summed E-state index contributed by atoms with van der Waals surface area (Å²) in [4.78, 5) is 16.8. The van der Waals surface area contributed by atoms with E-state index in [1.165, 1.54) is 50.5 Å². The number of rotatable bonds is 12. The molecule has 0 saturated heterocycles. The average molecular weight is 407 g/mol. The molecule has 1 unspecified atom stereocenters. The van der Waals surface area contributed by atoms with Crippen LogP contribution in [0, 0.1) is 16.7 Å². The highest BCUT2D eigenvalue weighted by molar-refractivity contribution is 5.81. The number of ether oxygens (including phenoxy) is 1. The van der Waals surface area contributed by atoms with Crippen LogP contribution in [0.15, 0.2) is 42.6 Å². The van der Waals surface area contributed by atoms with Gasteiger partial charge >= 0.3 is 5.97 Å². The number of pyridine rings is 1. The quantitative estimate of drug-likeness (QED) is 0.219. The molecule has 1 heterocycles. The Kier molecular flexibility index (Phi) is 9.54. The Morgan fingerprint density at radius 3 is 2.23 bits per heavy atom. The number of hydrogen-bond acceptors (Lipinski definition) is 4. The fourth-order valence-electron chi connectivity index (χ4n) is 3.21. The van der Waals surface area contributed by atoms with E-state index in [1.54, 1.807) is 26.0 Å². The highest BCUT2D eigenvalue weighted by Gasteiger charge is 2.33. The molecule has 0 aliphatic heterocycles. The normalized spacial score (nSPS) is 12.7. The van der Waals surface area contributed by atoms with Crippen LogP contribution in [0.2, 0.25) is 0 Å². The van der Waals surface area contributed by atoms with Gasteiger partial charge in [0.15, 0.2) is 5.41 Å². The minimum atomic E-state index is -1.12. The second kappa shape index (κ2) is 12.1. The van der Waals surface area contributed by atoms with E-state index < -0.39 is 11.4 Å². The lowest BCUT2D eigenvalue weighted by atomic mass is 9.90. The van der Waals surface area contributed by atoms with Gasteiger partial charge in [-0.05, 0) is 62.1 Å². The maximum Gasteiger partial charge on any atom is 0.331 e. The summed E-state index contributed by atoms with van der Waals surface area (Å²) in [5.74, 6) is -0.0812. The van der Waals surface area contributed by atoms with Gasteiger partial charge in [-0.25, -0.2) is 4.79 Å². The SMILES string of the molecule is CCCCCCCCCc1ccc(-c2ccc(OC(=O)C(C)(C#N)CC)cc2)nc1. The molecule has 0 fully saturated rings. The van der Waals surface area contributed by atoms with E-state index >= 15 is 0 Å².